The van der Waals surface area contributed by atoms with Gasteiger partial charge in [-0.3, -0.25) is 4.79 Å². The van der Waals surface area contributed by atoms with Crippen molar-refractivity contribution in [2.75, 3.05) is 0 Å². The molecule has 0 aliphatic heterocycles. The van der Waals surface area contributed by atoms with E-state index < -0.39 is 23.7 Å². The van der Waals surface area contributed by atoms with Crippen molar-refractivity contribution in [3.8, 4) is 0 Å². The topological polar surface area (TPSA) is 98.0 Å². The van der Waals surface area contributed by atoms with E-state index in [1.54, 1.807) is 0 Å². The lowest BCUT2D eigenvalue weighted by Gasteiger charge is -2.17. The van der Waals surface area contributed by atoms with Gasteiger partial charge in [-0.2, -0.15) is 0 Å². The van der Waals surface area contributed by atoms with Crippen LogP contribution in [0.5, 0.6) is 0 Å². The molecular weight excluding hydrogens is 246 g/mol. The summed E-state index contributed by atoms with van der Waals surface area (Å²) in [5, 5.41) is 12.8. The van der Waals surface area contributed by atoms with Gasteiger partial charge in [0.1, 0.15) is 5.69 Å². The molecule has 19 heavy (non-hydrogen) atoms. The van der Waals surface area contributed by atoms with Crippen LogP contribution in [-0.2, 0) is 6.42 Å². The van der Waals surface area contributed by atoms with E-state index >= 15 is 0 Å². The van der Waals surface area contributed by atoms with Crippen molar-refractivity contribution < 1.29 is 9.90 Å². The van der Waals surface area contributed by atoms with Crippen molar-refractivity contribution in [2.24, 2.45) is 0 Å². The molecule has 1 heterocycles. The van der Waals surface area contributed by atoms with Crippen molar-refractivity contribution in [1.82, 2.24) is 15.3 Å². The highest BCUT2D eigenvalue weighted by molar-refractivity contribution is 5.92. The predicted molar refractivity (Wildman–Crippen MR) is 67.8 cm³/mol. The van der Waals surface area contributed by atoms with Crippen LogP contribution in [0.4, 0.5) is 0 Å². The summed E-state index contributed by atoms with van der Waals surface area (Å²) in [7, 11) is 0. The van der Waals surface area contributed by atoms with Gasteiger partial charge in [-0.15, -0.1) is 0 Å². The van der Waals surface area contributed by atoms with E-state index in [1.807, 2.05) is 24.3 Å². The number of hydrogen-bond acceptors (Lipinski definition) is 3. The smallest absolute Gasteiger partial charge is 0.323 e. The fourth-order valence-electron chi connectivity index (χ4n) is 2.42. The Labute approximate surface area is 108 Å². The highest BCUT2D eigenvalue weighted by atomic mass is 16.3. The number of aliphatic hydroxyl groups excluding tert-OH is 1. The van der Waals surface area contributed by atoms with E-state index in [2.05, 4.69) is 15.3 Å². The predicted octanol–water partition coefficient (Wildman–Crippen LogP) is 0.0911. The van der Waals surface area contributed by atoms with E-state index in [9.17, 15) is 14.7 Å². The van der Waals surface area contributed by atoms with Crippen molar-refractivity contribution in [3.63, 3.8) is 0 Å². The third-order valence-corrected chi connectivity index (χ3v) is 3.33. The molecule has 2 atom stereocenters. The molecule has 6 nitrogen and oxygen atoms in total. The zero-order chi connectivity index (χ0) is 13.4. The minimum absolute atomic E-state index is 0.154. The van der Waals surface area contributed by atoms with Gasteiger partial charge in [-0.1, -0.05) is 24.3 Å². The minimum atomic E-state index is -0.646. The quantitative estimate of drug-likeness (QED) is 0.615. The number of carbonyl (C=O) groups is 1. The van der Waals surface area contributed by atoms with Gasteiger partial charge in [0.2, 0.25) is 0 Å². The fraction of sp³-hybridized carbons (Fsp3) is 0.231. The normalized spacial score (nSPS) is 21.1. The first kappa shape index (κ1) is 11.7. The second-order valence-corrected chi connectivity index (χ2v) is 4.58. The summed E-state index contributed by atoms with van der Waals surface area (Å²) < 4.78 is 0. The van der Waals surface area contributed by atoms with Crippen LogP contribution >= 0.6 is 0 Å². The summed E-state index contributed by atoms with van der Waals surface area (Å²) in [5.74, 6) is -0.417. The molecular formula is C13H13N3O3. The lowest BCUT2D eigenvalue weighted by atomic mass is 10.1. The van der Waals surface area contributed by atoms with Crippen LogP contribution in [0.15, 0.2) is 35.3 Å². The maximum absolute atomic E-state index is 12.0. The Morgan fingerprint density at radius 1 is 1.37 bits per heavy atom. The molecule has 98 valence electrons. The molecule has 1 aliphatic carbocycles. The highest BCUT2D eigenvalue weighted by Crippen LogP contribution is 2.31. The molecule has 0 radical (unpaired) electrons. The number of aliphatic hydroxyl groups is 1. The van der Waals surface area contributed by atoms with Gasteiger partial charge in [0.25, 0.3) is 5.91 Å². The summed E-state index contributed by atoms with van der Waals surface area (Å²) in [6.45, 7) is 0. The van der Waals surface area contributed by atoms with Gasteiger partial charge in [0, 0.05) is 12.6 Å². The first-order valence-electron chi connectivity index (χ1n) is 5.99. The van der Waals surface area contributed by atoms with E-state index in [-0.39, 0.29) is 5.69 Å². The van der Waals surface area contributed by atoms with Gasteiger partial charge in [-0.25, -0.2) is 4.79 Å². The van der Waals surface area contributed by atoms with Crippen LogP contribution in [0.1, 0.15) is 27.7 Å². The lowest BCUT2D eigenvalue weighted by Crippen LogP contribution is -2.34. The molecule has 0 spiro atoms. The summed E-state index contributed by atoms with van der Waals surface area (Å²) in [6.07, 6.45) is 1.18. The van der Waals surface area contributed by atoms with Crippen LogP contribution in [0.2, 0.25) is 0 Å². The van der Waals surface area contributed by atoms with Gasteiger partial charge < -0.3 is 20.4 Å². The maximum Gasteiger partial charge on any atom is 0.323 e. The number of imidazole rings is 1. The standard InChI is InChI=1S/C13H13N3O3/c17-10-5-7-3-1-2-4-8(7)11(10)16-12(18)9-6-14-13(19)15-9/h1-4,6,10-11,17H,5H2,(H,16,18)(H2,14,15,19)/t10-,11+/m1/s1. The fourth-order valence-corrected chi connectivity index (χ4v) is 2.42. The molecule has 1 aromatic heterocycles. The first-order chi connectivity index (χ1) is 9.15. The Bertz CT molecular complexity index is 674. The number of hydrogen-bond donors (Lipinski definition) is 4. The number of aromatic nitrogens is 2. The zero-order valence-electron chi connectivity index (χ0n) is 10.0. The third kappa shape index (κ3) is 2.06. The summed E-state index contributed by atoms with van der Waals surface area (Å²) >= 11 is 0. The zero-order valence-corrected chi connectivity index (χ0v) is 10.0. The second kappa shape index (κ2) is 4.40. The monoisotopic (exact) mass is 259 g/mol. The molecule has 0 fully saturated rings. The van der Waals surface area contributed by atoms with Crippen LogP contribution in [0, 0.1) is 0 Å². The number of rotatable bonds is 2. The minimum Gasteiger partial charge on any atom is -0.390 e. The SMILES string of the molecule is O=C(N[C@H]1c2ccccc2C[C@H]1O)c1c[nH]c(=O)[nH]1. The van der Waals surface area contributed by atoms with E-state index in [4.69, 9.17) is 0 Å². The van der Waals surface area contributed by atoms with Gasteiger partial charge in [0.15, 0.2) is 0 Å². The Balaban J connectivity index is 1.84. The molecule has 1 aliphatic rings. The van der Waals surface area contributed by atoms with Crippen molar-refractivity contribution in [1.29, 1.82) is 0 Å². The number of nitrogens with one attached hydrogen (secondary N) is 3. The molecule has 0 bridgehead atoms. The second-order valence-electron chi connectivity index (χ2n) is 4.58. The van der Waals surface area contributed by atoms with Crippen LogP contribution < -0.4 is 11.0 Å². The summed E-state index contributed by atoms with van der Waals surface area (Å²) in [5.41, 5.74) is 1.67. The molecule has 6 heteroatoms. The number of H-pyrrole nitrogens is 2. The average Bonchev–Trinajstić information content (AvgIpc) is 2.95. The molecule has 0 saturated heterocycles. The summed E-state index contributed by atoms with van der Waals surface area (Å²) in [4.78, 5) is 27.7. The first-order valence-corrected chi connectivity index (χ1v) is 5.99. The van der Waals surface area contributed by atoms with E-state index in [0.717, 1.165) is 11.1 Å². The molecule has 1 amide bonds. The Kier molecular flexibility index (Phi) is 2.72. The Morgan fingerprint density at radius 2 is 2.16 bits per heavy atom. The third-order valence-electron chi connectivity index (χ3n) is 3.33. The highest BCUT2D eigenvalue weighted by Gasteiger charge is 2.32. The van der Waals surface area contributed by atoms with Gasteiger partial charge >= 0.3 is 5.69 Å². The largest absolute Gasteiger partial charge is 0.390 e. The molecule has 2 aromatic rings. The summed E-state index contributed by atoms with van der Waals surface area (Å²) in [6, 6.07) is 7.15. The van der Waals surface area contributed by atoms with Crippen molar-refractivity contribution >= 4 is 5.91 Å². The number of aromatic amines is 2. The number of carbonyl (C=O) groups excluding carboxylic acids is 1. The van der Waals surface area contributed by atoms with Crippen LogP contribution in [-0.4, -0.2) is 27.1 Å². The molecule has 4 N–H and O–H groups in total. The molecule has 3 rings (SSSR count). The van der Waals surface area contributed by atoms with Gasteiger partial charge in [0.05, 0.1) is 12.1 Å². The van der Waals surface area contributed by atoms with Crippen molar-refractivity contribution in [2.45, 2.75) is 18.6 Å². The Hall–Kier alpha value is -2.34. The van der Waals surface area contributed by atoms with E-state index in [1.165, 1.54) is 6.20 Å². The Morgan fingerprint density at radius 3 is 2.89 bits per heavy atom. The average molecular weight is 259 g/mol. The molecule has 0 saturated carbocycles. The molecule has 1 aromatic carbocycles. The number of amides is 1. The van der Waals surface area contributed by atoms with Crippen LogP contribution in [0.3, 0.4) is 0 Å². The van der Waals surface area contributed by atoms with Crippen LogP contribution in [0.25, 0.3) is 0 Å². The molecule has 0 unspecified atom stereocenters. The maximum atomic E-state index is 12.0. The van der Waals surface area contributed by atoms with Gasteiger partial charge in [-0.05, 0) is 11.1 Å². The number of benzene rings is 1. The lowest BCUT2D eigenvalue weighted by molar-refractivity contribution is 0.0853. The van der Waals surface area contributed by atoms with E-state index in [0.29, 0.717) is 6.42 Å². The number of fused-ring (bicyclic) bond motifs is 1. The van der Waals surface area contributed by atoms with Crippen molar-refractivity contribution in [3.05, 3.63) is 57.8 Å².